The molecule has 0 spiro atoms. The van der Waals surface area contributed by atoms with Crippen molar-refractivity contribution in [2.24, 2.45) is 0 Å². The zero-order chi connectivity index (χ0) is 42.9. The molecule has 0 saturated heterocycles. The molecule has 1 aromatic heterocycles. The zero-order valence-corrected chi connectivity index (χ0v) is 36.0. The lowest BCUT2D eigenvalue weighted by atomic mass is 9.89. The van der Waals surface area contributed by atoms with E-state index in [9.17, 15) is 4.79 Å². The third kappa shape index (κ3) is 10.7. The molecule has 2 aliphatic rings. The summed E-state index contributed by atoms with van der Waals surface area (Å²) >= 11 is 12.2. The Morgan fingerprint density at radius 1 is 0.869 bits per heavy atom. The summed E-state index contributed by atoms with van der Waals surface area (Å²) in [5, 5.41) is 11.2. The topological polar surface area (TPSA) is 110 Å². The molecule has 8 rings (SSSR count). The molecule has 2 N–H and O–H groups in total. The number of nitrogens with one attached hydrogen (secondary N) is 1. The first kappa shape index (κ1) is 43.2. The number of aromatic nitrogens is 1. The van der Waals surface area contributed by atoms with Crippen LogP contribution < -0.4 is 19.5 Å². The van der Waals surface area contributed by atoms with E-state index in [-0.39, 0.29) is 30.6 Å². The summed E-state index contributed by atoms with van der Waals surface area (Å²) in [6, 6.07) is 40.6. The van der Waals surface area contributed by atoms with Gasteiger partial charge in [0.2, 0.25) is 5.91 Å². The second-order valence-electron chi connectivity index (χ2n) is 15.3. The van der Waals surface area contributed by atoms with E-state index in [0.717, 1.165) is 57.8 Å². The van der Waals surface area contributed by atoms with Crippen molar-refractivity contribution in [1.29, 1.82) is 0 Å². The van der Waals surface area contributed by atoms with E-state index in [2.05, 4.69) is 94.9 Å². The van der Waals surface area contributed by atoms with Crippen LogP contribution in [0.2, 0.25) is 10.0 Å². The quantitative estimate of drug-likeness (QED) is 0.117. The van der Waals surface area contributed by atoms with Crippen LogP contribution in [0.3, 0.4) is 0 Å². The van der Waals surface area contributed by atoms with Crippen molar-refractivity contribution < 1.29 is 28.9 Å². The standard InChI is InChI=1S/C49H47Cl2N3O4.CH2O2/c1-4-44(36-8-6-5-7-9-36)54-28-40-27-47-46(57-30-48(58-47)37-15-17-41(18-16-37)56-29-34-12-19-42(50)43(51)24-34)26-39(40)25-45(54)49(55)52-21-20-33-10-13-35(14-11-33)38-22-31(2)53-32(3)23-38;2-1-3/h5-19,22-24,26-27,44-45,48H,4,20-21,25,28-30H2,1-3H3,(H,52,55);1H,(H,2,3). The molecule has 0 aliphatic carbocycles. The molecule has 3 unspecified atom stereocenters. The van der Waals surface area contributed by atoms with Crippen LogP contribution in [0.15, 0.2) is 121 Å². The van der Waals surface area contributed by atoms with Gasteiger partial charge in [-0.25, -0.2) is 0 Å². The number of carbonyl (C=O) groups is 2. The molecule has 0 fully saturated rings. The van der Waals surface area contributed by atoms with Crippen LogP contribution in [-0.4, -0.2) is 46.6 Å². The number of amides is 1. The normalized spacial score (nSPS) is 16.0. The van der Waals surface area contributed by atoms with Gasteiger partial charge in [-0.1, -0.05) is 103 Å². The number of hydrogen-bond donors (Lipinski definition) is 2. The van der Waals surface area contributed by atoms with Gasteiger partial charge in [-0.15, -0.1) is 0 Å². The highest BCUT2D eigenvalue weighted by atomic mass is 35.5. The van der Waals surface area contributed by atoms with Crippen LogP contribution in [0.5, 0.6) is 17.2 Å². The first-order valence-corrected chi connectivity index (χ1v) is 21.2. The molecule has 61 heavy (non-hydrogen) atoms. The first-order valence-electron chi connectivity index (χ1n) is 20.4. The number of benzene rings is 5. The lowest BCUT2D eigenvalue weighted by Crippen LogP contribution is -2.51. The Morgan fingerprint density at radius 3 is 2.25 bits per heavy atom. The second kappa shape index (κ2) is 20.1. The summed E-state index contributed by atoms with van der Waals surface area (Å²) in [6.45, 7) is 7.91. The minimum Gasteiger partial charge on any atom is -0.489 e. The smallest absolute Gasteiger partial charge is 0.290 e. The summed E-state index contributed by atoms with van der Waals surface area (Å²) in [4.78, 5) is 29.4. The number of carboxylic acid groups (broad SMARTS) is 1. The summed E-state index contributed by atoms with van der Waals surface area (Å²) < 4.78 is 18.9. The van der Waals surface area contributed by atoms with Crippen molar-refractivity contribution in [2.75, 3.05) is 13.2 Å². The molecule has 314 valence electrons. The number of pyridine rings is 1. The Bertz CT molecular complexity index is 2430. The fourth-order valence-electron chi connectivity index (χ4n) is 8.13. The average Bonchev–Trinajstić information content (AvgIpc) is 3.26. The van der Waals surface area contributed by atoms with Gasteiger partial charge in [-0.3, -0.25) is 19.5 Å². The molecule has 11 heteroatoms. The molecule has 9 nitrogen and oxygen atoms in total. The van der Waals surface area contributed by atoms with Gasteiger partial charge in [0.1, 0.15) is 19.0 Å². The van der Waals surface area contributed by atoms with Crippen LogP contribution in [0.25, 0.3) is 11.1 Å². The van der Waals surface area contributed by atoms with E-state index in [0.29, 0.717) is 54.3 Å². The third-order valence-corrected chi connectivity index (χ3v) is 11.8. The Labute approximate surface area is 367 Å². The summed E-state index contributed by atoms with van der Waals surface area (Å²) in [7, 11) is 0. The summed E-state index contributed by atoms with van der Waals surface area (Å²) in [6.07, 6.45) is 1.91. The Kier molecular flexibility index (Phi) is 14.3. The Hall–Kier alpha value is -5.87. The molecular weight excluding hydrogens is 809 g/mol. The van der Waals surface area contributed by atoms with Gasteiger partial charge in [-0.2, -0.15) is 0 Å². The predicted molar refractivity (Wildman–Crippen MR) is 240 cm³/mol. The SMILES string of the molecule is CCC(c1ccccc1)N1Cc2cc3c(cc2CC1C(=O)NCCc1ccc(-c2cc(C)nc(C)c2)cc1)OCC(c1ccc(OCc2ccc(Cl)c(Cl)c2)cc1)O3.O=CO. The molecule has 2 aliphatic heterocycles. The Balaban J connectivity index is 0.00000182. The maximum atomic E-state index is 14.2. The molecule has 3 heterocycles. The van der Waals surface area contributed by atoms with E-state index in [1.165, 1.54) is 16.7 Å². The van der Waals surface area contributed by atoms with Gasteiger partial charge in [0.05, 0.1) is 16.1 Å². The van der Waals surface area contributed by atoms with Crippen molar-refractivity contribution in [3.05, 3.63) is 176 Å². The number of carbonyl (C=O) groups excluding carboxylic acids is 1. The molecule has 0 saturated carbocycles. The highest BCUT2D eigenvalue weighted by Crippen LogP contribution is 2.42. The van der Waals surface area contributed by atoms with Gasteiger partial charge in [0, 0.05) is 30.5 Å². The molecule has 1 amide bonds. The van der Waals surface area contributed by atoms with Gasteiger partial charge in [0.25, 0.3) is 6.47 Å². The second-order valence-corrected chi connectivity index (χ2v) is 16.1. The van der Waals surface area contributed by atoms with Crippen LogP contribution in [0, 0.1) is 13.8 Å². The van der Waals surface area contributed by atoms with Gasteiger partial charge in [0.15, 0.2) is 17.6 Å². The number of rotatable bonds is 12. The monoisotopic (exact) mass is 857 g/mol. The van der Waals surface area contributed by atoms with Crippen LogP contribution in [0.1, 0.15) is 70.3 Å². The minimum absolute atomic E-state index is 0.0405. The predicted octanol–water partition coefficient (Wildman–Crippen LogP) is 10.7. The number of hydrogen-bond acceptors (Lipinski definition) is 7. The number of ether oxygens (including phenoxy) is 3. The first-order chi connectivity index (χ1) is 29.6. The third-order valence-electron chi connectivity index (χ3n) is 11.1. The highest BCUT2D eigenvalue weighted by Gasteiger charge is 2.37. The largest absolute Gasteiger partial charge is 0.489 e. The van der Waals surface area contributed by atoms with Crippen molar-refractivity contribution in [3.63, 3.8) is 0 Å². The van der Waals surface area contributed by atoms with E-state index >= 15 is 0 Å². The number of nitrogens with zero attached hydrogens (tertiary/aromatic N) is 2. The van der Waals surface area contributed by atoms with Gasteiger partial charge >= 0.3 is 0 Å². The molecule has 3 atom stereocenters. The maximum absolute atomic E-state index is 14.2. The average molecular weight is 859 g/mol. The number of halogens is 2. The van der Waals surface area contributed by atoms with E-state index in [4.69, 9.17) is 47.3 Å². The number of aryl methyl sites for hydroxylation is 2. The van der Waals surface area contributed by atoms with Crippen LogP contribution in [-0.2, 0) is 35.6 Å². The van der Waals surface area contributed by atoms with Crippen molar-refractivity contribution in [2.45, 2.75) is 71.4 Å². The van der Waals surface area contributed by atoms with Crippen molar-refractivity contribution >= 4 is 35.6 Å². The highest BCUT2D eigenvalue weighted by molar-refractivity contribution is 6.42. The lowest BCUT2D eigenvalue weighted by Gasteiger charge is -2.41. The van der Waals surface area contributed by atoms with Crippen LogP contribution >= 0.6 is 23.2 Å². The van der Waals surface area contributed by atoms with Gasteiger partial charge < -0.3 is 24.6 Å². The molecule has 6 aromatic rings. The van der Waals surface area contributed by atoms with Crippen LogP contribution in [0.4, 0.5) is 0 Å². The van der Waals surface area contributed by atoms with Gasteiger partial charge in [-0.05, 0) is 126 Å². The fraction of sp³-hybridized carbons (Fsp3) is 0.260. The van der Waals surface area contributed by atoms with Crippen molar-refractivity contribution in [3.8, 4) is 28.4 Å². The van der Waals surface area contributed by atoms with E-state index in [1.54, 1.807) is 6.07 Å². The van der Waals surface area contributed by atoms with E-state index in [1.807, 2.05) is 56.3 Å². The molecular formula is C50H49Cl2N3O6. The minimum atomic E-state index is -0.342. The summed E-state index contributed by atoms with van der Waals surface area (Å²) in [5.41, 5.74) is 10.9. The molecule has 0 bridgehead atoms. The maximum Gasteiger partial charge on any atom is 0.290 e. The summed E-state index contributed by atoms with van der Waals surface area (Å²) in [5.74, 6) is 2.20. The lowest BCUT2D eigenvalue weighted by molar-refractivity contribution is -0.128. The molecule has 0 radical (unpaired) electrons. The number of fused-ring (bicyclic) bond motifs is 2. The zero-order valence-electron chi connectivity index (χ0n) is 34.4. The fourth-order valence-corrected chi connectivity index (χ4v) is 8.45. The van der Waals surface area contributed by atoms with Crippen molar-refractivity contribution in [1.82, 2.24) is 15.2 Å². The Morgan fingerprint density at radius 2 is 1.56 bits per heavy atom. The van der Waals surface area contributed by atoms with E-state index < -0.39 is 0 Å². The molecule has 5 aromatic carbocycles.